The minimum atomic E-state index is -1.14. The van der Waals surface area contributed by atoms with Crippen LogP contribution in [0.25, 0.3) is 0 Å². The molecule has 7 heteroatoms. The molecule has 22 heavy (non-hydrogen) atoms. The number of amides is 1. The number of carbonyl (C=O) groups is 2. The van der Waals surface area contributed by atoms with Crippen LogP contribution in [-0.2, 0) is 4.79 Å². The summed E-state index contributed by atoms with van der Waals surface area (Å²) in [7, 11) is 0. The van der Waals surface area contributed by atoms with Gasteiger partial charge in [0.2, 0.25) is 0 Å². The number of carboxylic acid groups (broad SMARTS) is 1. The molecule has 0 radical (unpaired) electrons. The molecule has 0 bridgehead atoms. The van der Waals surface area contributed by atoms with Crippen LogP contribution in [0, 0.1) is 17.6 Å². The van der Waals surface area contributed by atoms with E-state index in [0.29, 0.717) is 6.07 Å². The van der Waals surface area contributed by atoms with E-state index in [1.807, 2.05) is 0 Å². The van der Waals surface area contributed by atoms with Gasteiger partial charge in [0.25, 0.3) is 5.91 Å². The van der Waals surface area contributed by atoms with Crippen molar-refractivity contribution in [2.75, 3.05) is 11.4 Å². The van der Waals surface area contributed by atoms with Crippen molar-refractivity contribution in [3.8, 4) is 0 Å². The zero-order valence-corrected chi connectivity index (χ0v) is 11.6. The fourth-order valence-corrected chi connectivity index (χ4v) is 1.88. The molecule has 0 aliphatic rings. The van der Waals surface area contributed by atoms with E-state index in [2.05, 4.69) is 0 Å². The Hall–Kier alpha value is -2.70. The Labute approximate surface area is 124 Å². The summed E-state index contributed by atoms with van der Waals surface area (Å²) < 4.78 is 31.9. The molecular formula is C15H13F2NO4. The number of carbonyl (C=O) groups excluding carboxylic acids is 1. The first-order chi connectivity index (χ1) is 10.4. The average molecular weight is 309 g/mol. The van der Waals surface area contributed by atoms with Gasteiger partial charge < -0.3 is 14.4 Å². The van der Waals surface area contributed by atoms with Crippen molar-refractivity contribution in [3.63, 3.8) is 0 Å². The lowest BCUT2D eigenvalue weighted by molar-refractivity contribution is -0.140. The van der Waals surface area contributed by atoms with Crippen molar-refractivity contribution in [2.24, 2.45) is 5.92 Å². The van der Waals surface area contributed by atoms with Gasteiger partial charge in [0.05, 0.1) is 17.9 Å². The Bertz CT molecular complexity index is 685. The zero-order chi connectivity index (χ0) is 16.3. The maximum Gasteiger partial charge on any atom is 0.308 e. The molecule has 1 unspecified atom stereocenters. The van der Waals surface area contributed by atoms with Gasteiger partial charge in [-0.05, 0) is 24.3 Å². The minimum Gasteiger partial charge on any atom is -0.481 e. The highest BCUT2D eigenvalue weighted by Crippen LogP contribution is 2.23. The van der Waals surface area contributed by atoms with Gasteiger partial charge in [-0.1, -0.05) is 6.92 Å². The average Bonchev–Trinajstić information content (AvgIpc) is 2.98. The molecular weight excluding hydrogens is 296 g/mol. The van der Waals surface area contributed by atoms with Crippen molar-refractivity contribution in [1.82, 2.24) is 0 Å². The van der Waals surface area contributed by atoms with E-state index in [-0.39, 0.29) is 18.0 Å². The molecule has 0 fully saturated rings. The lowest BCUT2D eigenvalue weighted by atomic mass is 10.1. The molecule has 0 saturated heterocycles. The van der Waals surface area contributed by atoms with E-state index in [4.69, 9.17) is 9.52 Å². The lowest BCUT2D eigenvalue weighted by Crippen LogP contribution is -2.37. The number of furan rings is 1. The molecule has 1 atom stereocenters. The van der Waals surface area contributed by atoms with E-state index < -0.39 is 29.4 Å². The van der Waals surface area contributed by atoms with Crippen LogP contribution in [0.15, 0.2) is 41.0 Å². The van der Waals surface area contributed by atoms with Gasteiger partial charge >= 0.3 is 5.97 Å². The summed E-state index contributed by atoms with van der Waals surface area (Å²) in [6.07, 6.45) is 1.27. The van der Waals surface area contributed by atoms with Crippen LogP contribution in [-0.4, -0.2) is 23.5 Å². The lowest BCUT2D eigenvalue weighted by Gasteiger charge is -2.24. The molecule has 5 nitrogen and oxygen atoms in total. The summed E-state index contributed by atoms with van der Waals surface area (Å²) in [5, 5.41) is 8.99. The highest BCUT2D eigenvalue weighted by atomic mass is 19.1. The zero-order valence-electron chi connectivity index (χ0n) is 11.6. The molecule has 1 aromatic carbocycles. The van der Waals surface area contributed by atoms with E-state index in [0.717, 1.165) is 17.0 Å². The minimum absolute atomic E-state index is 0.0682. The van der Waals surface area contributed by atoms with Crippen LogP contribution in [0.1, 0.15) is 17.5 Å². The molecule has 1 aromatic heterocycles. The van der Waals surface area contributed by atoms with Gasteiger partial charge in [-0.3, -0.25) is 9.59 Å². The van der Waals surface area contributed by atoms with Gasteiger partial charge in [0.1, 0.15) is 11.6 Å². The van der Waals surface area contributed by atoms with Crippen LogP contribution >= 0.6 is 0 Å². The van der Waals surface area contributed by atoms with Gasteiger partial charge in [-0.2, -0.15) is 0 Å². The summed E-state index contributed by atoms with van der Waals surface area (Å²) in [5.41, 5.74) is -0.212. The van der Waals surface area contributed by atoms with Crippen LogP contribution in [0.4, 0.5) is 14.5 Å². The van der Waals surface area contributed by atoms with Crippen molar-refractivity contribution in [3.05, 3.63) is 54.0 Å². The Morgan fingerprint density at radius 3 is 2.59 bits per heavy atom. The molecule has 2 aromatic rings. The second kappa shape index (κ2) is 6.38. The summed E-state index contributed by atoms with van der Waals surface area (Å²) in [6.45, 7) is 1.10. The van der Waals surface area contributed by atoms with Gasteiger partial charge in [0, 0.05) is 12.6 Å². The number of benzene rings is 1. The number of halogens is 2. The van der Waals surface area contributed by atoms with Crippen molar-refractivity contribution >= 4 is 17.6 Å². The Kier molecular flexibility index (Phi) is 4.55. The molecule has 1 heterocycles. The SMILES string of the molecule is CC(CN(C(=O)c1ccco1)c1ccc(F)cc1F)C(=O)O. The summed E-state index contributed by atoms with van der Waals surface area (Å²) >= 11 is 0. The number of rotatable bonds is 5. The number of carboxylic acids is 1. The molecule has 116 valence electrons. The molecule has 0 spiro atoms. The van der Waals surface area contributed by atoms with Crippen molar-refractivity contribution in [1.29, 1.82) is 0 Å². The molecule has 0 aliphatic carbocycles. The normalized spacial score (nSPS) is 12.0. The monoisotopic (exact) mass is 309 g/mol. The summed E-state index contributed by atoms with van der Waals surface area (Å²) in [4.78, 5) is 24.3. The summed E-state index contributed by atoms with van der Waals surface area (Å²) in [6, 6.07) is 5.56. The van der Waals surface area contributed by atoms with Crippen LogP contribution < -0.4 is 4.90 Å². The first-order valence-electron chi connectivity index (χ1n) is 6.43. The third kappa shape index (κ3) is 3.30. The predicted octanol–water partition coefficient (Wildman–Crippen LogP) is 2.93. The third-order valence-corrected chi connectivity index (χ3v) is 3.06. The molecule has 0 saturated carbocycles. The predicted molar refractivity (Wildman–Crippen MR) is 73.5 cm³/mol. The summed E-state index contributed by atoms with van der Waals surface area (Å²) in [5.74, 6) is -4.61. The second-order valence-electron chi connectivity index (χ2n) is 4.73. The number of aliphatic carboxylic acids is 1. The molecule has 1 amide bonds. The Morgan fingerprint density at radius 2 is 2.05 bits per heavy atom. The Morgan fingerprint density at radius 1 is 1.32 bits per heavy atom. The largest absolute Gasteiger partial charge is 0.481 e. The molecule has 2 rings (SSSR count). The smallest absolute Gasteiger partial charge is 0.308 e. The van der Waals surface area contributed by atoms with E-state index in [1.54, 1.807) is 0 Å². The first kappa shape index (κ1) is 15.7. The third-order valence-electron chi connectivity index (χ3n) is 3.06. The molecule has 1 N–H and O–H groups in total. The van der Waals surface area contributed by atoms with Crippen molar-refractivity contribution in [2.45, 2.75) is 6.92 Å². The van der Waals surface area contributed by atoms with Gasteiger partial charge in [-0.15, -0.1) is 0 Å². The van der Waals surface area contributed by atoms with E-state index in [9.17, 15) is 18.4 Å². The first-order valence-corrected chi connectivity index (χ1v) is 6.43. The highest BCUT2D eigenvalue weighted by Gasteiger charge is 2.26. The second-order valence-corrected chi connectivity index (χ2v) is 4.73. The van der Waals surface area contributed by atoms with E-state index >= 15 is 0 Å². The fraction of sp³-hybridized carbons (Fsp3) is 0.200. The topological polar surface area (TPSA) is 70.8 Å². The van der Waals surface area contributed by atoms with Crippen LogP contribution in [0.5, 0.6) is 0 Å². The Balaban J connectivity index is 2.40. The standard InChI is InChI=1S/C15H13F2NO4/c1-9(15(20)21)8-18(14(19)13-3-2-6-22-13)12-5-4-10(16)7-11(12)17/h2-7,9H,8H2,1H3,(H,20,21). The fourth-order valence-electron chi connectivity index (χ4n) is 1.88. The van der Waals surface area contributed by atoms with Crippen LogP contribution in [0.2, 0.25) is 0 Å². The van der Waals surface area contributed by atoms with Gasteiger partial charge in [0.15, 0.2) is 5.76 Å². The highest BCUT2D eigenvalue weighted by molar-refractivity contribution is 6.04. The van der Waals surface area contributed by atoms with Gasteiger partial charge in [-0.25, -0.2) is 8.78 Å². The number of nitrogens with zero attached hydrogens (tertiary/aromatic N) is 1. The maximum atomic E-state index is 13.9. The van der Waals surface area contributed by atoms with Crippen molar-refractivity contribution < 1.29 is 27.9 Å². The van der Waals surface area contributed by atoms with Crippen LogP contribution in [0.3, 0.4) is 0 Å². The number of hydrogen-bond acceptors (Lipinski definition) is 3. The maximum absolute atomic E-state index is 13.9. The number of anilines is 1. The van der Waals surface area contributed by atoms with E-state index in [1.165, 1.54) is 25.3 Å². The quantitative estimate of drug-likeness (QED) is 0.922. The molecule has 0 aliphatic heterocycles. The number of hydrogen-bond donors (Lipinski definition) is 1.